The Morgan fingerprint density at radius 3 is 2.86 bits per heavy atom. The maximum Gasteiger partial charge on any atom is 0.225 e. The molecule has 0 bridgehead atoms. The molecule has 2 aromatic heterocycles. The number of carbonyl (C=O) groups excluding carboxylic acids is 1. The zero-order valence-electron chi connectivity index (χ0n) is 15.7. The number of aliphatic hydroxyl groups is 2. The van der Waals surface area contributed by atoms with Crippen LogP contribution in [0.25, 0.3) is 11.2 Å². The largest absolute Gasteiger partial charge is 0.390 e. The second-order valence-corrected chi connectivity index (χ2v) is 8.28. The fraction of sp³-hybridized carbons (Fsp3) is 0.368. The summed E-state index contributed by atoms with van der Waals surface area (Å²) in [6.45, 7) is 0.583. The number of rotatable bonds is 5. The zero-order chi connectivity index (χ0) is 20.5. The van der Waals surface area contributed by atoms with E-state index in [1.807, 2.05) is 18.2 Å². The number of hydrogen-bond donors (Lipinski definition) is 4. The highest BCUT2D eigenvalue weighted by atomic mass is 127. The molecule has 4 N–H and O–H groups in total. The molecule has 0 spiro atoms. The topological polar surface area (TPSA) is 125 Å². The summed E-state index contributed by atoms with van der Waals surface area (Å²) in [6.07, 6.45) is 1.07. The third-order valence-corrected chi connectivity index (χ3v) is 5.97. The Morgan fingerprint density at radius 1 is 1.28 bits per heavy atom. The van der Waals surface area contributed by atoms with Crippen LogP contribution in [0.5, 0.6) is 0 Å². The Hall–Kier alpha value is -2.31. The van der Waals surface area contributed by atoms with E-state index < -0.39 is 24.2 Å². The highest BCUT2D eigenvalue weighted by molar-refractivity contribution is 14.1. The number of benzene rings is 1. The second kappa shape index (κ2) is 8.20. The minimum Gasteiger partial charge on any atom is -0.390 e. The molecule has 9 nitrogen and oxygen atoms in total. The van der Waals surface area contributed by atoms with Gasteiger partial charge in [0.1, 0.15) is 17.9 Å². The lowest BCUT2D eigenvalue weighted by Gasteiger charge is -2.18. The molecule has 1 aromatic carbocycles. The van der Waals surface area contributed by atoms with Gasteiger partial charge < -0.3 is 25.4 Å². The van der Waals surface area contributed by atoms with Crippen LogP contribution in [0.4, 0.5) is 5.82 Å². The van der Waals surface area contributed by atoms with Gasteiger partial charge in [-0.05, 0) is 46.7 Å². The molecule has 1 saturated carbocycles. The molecule has 1 fully saturated rings. The summed E-state index contributed by atoms with van der Waals surface area (Å²) < 4.78 is 2.86. The SMILES string of the molecule is CNC(=O)[C@@H]1C[C@H](n2cnc3c(NCc4cccc(I)c4)ncnc32)[C@@H](O)[C@H]1O. The minimum absolute atomic E-state index is 0.294. The van der Waals surface area contributed by atoms with E-state index in [0.29, 0.717) is 29.9 Å². The number of imidazole rings is 1. The van der Waals surface area contributed by atoms with Gasteiger partial charge in [0.15, 0.2) is 11.5 Å². The maximum absolute atomic E-state index is 12.0. The zero-order valence-corrected chi connectivity index (χ0v) is 17.8. The van der Waals surface area contributed by atoms with Crippen LogP contribution < -0.4 is 10.6 Å². The third-order valence-electron chi connectivity index (χ3n) is 5.30. The van der Waals surface area contributed by atoms with E-state index in [1.165, 1.54) is 13.4 Å². The van der Waals surface area contributed by atoms with Gasteiger partial charge in [0.2, 0.25) is 5.91 Å². The van der Waals surface area contributed by atoms with Crippen molar-refractivity contribution in [1.82, 2.24) is 24.8 Å². The summed E-state index contributed by atoms with van der Waals surface area (Å²) in [5.41, 5.74) is 2.23. The molecule has 1 aliphatic carbocycles. The summed E-state index contributed by atoms with van der Waals surface area (Å²) >= 11 is 2.27. The molecule has 0 radical (unpaired) electrons. The first-order valence-electron chi connectivity index (χ1n) is 9.23. The number of amides is 1. The number of aliphatic hydroxyl groups excluding tert-OH is 2. The van der Waals surface area contributed by atoms with Gasteiger partial charge in [0.05, 0.1) is 24.4 Å². The first-order valence-corrected chi connectivity index (χ1v) is 10.3. The molecule has 4 atom stereocenters. The Kier molecular flexibility index (Phi) is 5.65. The van der Waals surface area contributed by atoms with Crippen molar-refractivity contribution < 1.29 is 15.0 Å². The minimum atomic E-state index is -1.14. The summed E-state index contributed by atoms with van der Waals surface area (Å²) in [6, 6.07) is 7.64. The van der Waals surface area contributed by atoms with Crippen LogP contribution >= 0.6 is 22.6 Å². The number of nitrogens with one attached hydrogen (secondary N) is 2. The molecule has 1 aliphatic rings. The fourth-order valence-electron chi connectivity index (χ4n) is 3.79. The van der Waals surface area contributed by atoms with Crippen molar-refractivity contribution in [2.75, 3.05) is 12.4 Å². The number of nitrogens with zero attached hydrogens (tertiary/aromatic N) is 4. The number of carbonyl (C=O) groups is 1. The smallest absolute Gasteiger partial charge is 0.225 e. The molecular weight excluding hydrogens is 487 g/mol. The van der Waals surface area contributed by atoms with Gasteiger partial charge in [-0.3, -0.25) is 4.79 Å². The molecule has 0 unspecified atom stereocenters. The van der Waals surface area contributed by atoms with Gasteiger partial charge in [0.25, 0.3) is 0 Å². The number of anilines is 1. The summed E-state index contributed by atoms with van der Waals surface area (Å²) in [4.78, 5) is 25.0. The van der Waals surface area contributed by atoms with Crippen molar-refractivity contribution in [1.29, 1.82) is 0 Å². The number of hydrogen-bond acceptors (Lipinski definition) is 7. The summed E-state index contributed by atoms with van der Waals surface area (Å²) in [5, 5.41) is 26.6. The molecule has 4 rings (SSSR count). The lowest BCUT2D eigenvalue weighted by atomic mass is 10.1. The van der Waals surface area contributed by atoms with Crippen LogP contribution in [-0.4, -0.2) is 54.9 Å². The number of aromatic nitrogens is 4. The van der Waals surface area contributed by atoms with Crippen molar-refractivity contribution in [2.24, 2.45) is 5.92 Å². The van der Waals surface area contributed by atoms with Gasteiger partial charge in [-0.2, -0.15) is 0 Å². The monoisotopic (exact) mass is 508 g/mol. The van der Waals surface area contributed by atoms with Crippen LogP contribution in [0.1, 0.15) is 18.0 Å². The first-order chi connectivity index (χ1) is 14.0. The second-order valence-electron chi connectivity index (χ2n) is 7.03. The first kappa shape index (κ1) is 20.0. The maximum atomic E-state index is 12.0. The molecule has 2 heterocycles. The average Bonchev–Trinajstić information content (AvgIpc) is 3.28. The van der Waals surface area contributed by atoms with E-state index in [2.05, 4.69) is 54.2 Å². The highest BCUT2D eigenvalue weighted by Gasteiger charge is 2.46. The van der Waals surface area contributed by atoms with Crippen molar-refractivity contribution in [3.8, 4) is 0 Å². The molecule has 1 amide bonds. The standard InChI is InChI=1S/C19H21IN6O3/c1-21-19(29)12-6-13(16(28)15(12)27)26-9-25-14-17(23-8-24-18(14)26)22-7-10-3-2-4-11(20)5-10/h2-5,8-9,12-13,15-16,27-28H,6-7H2,1H3,(H,21,29)(H,22,23,24)/t12-,13+,15+,16-/m1/s1. The molecule has 3 aromatic rings. The predicted octanol–water partition coefficient (Wildman–Crippen LogP) is 1.07. The Morgan fingerprint density at radius 2 is 2.10 bits per heavy atom. The van der Waals surface area contributed by atoms with E-state index in [0.717, 1.165) is 9.13 Å². The molecule has 10 heteroatoms. The van der Waals surface area contributed by atoms with Crippen molar-refractivity contribution in [3.63, 3.8) is 0 Å². The third kappa shape index (κ3) is 3.79. The Labute approximate surface area is 180 Å². The lowest BCUT2D eigenvalue weighted by molar-refractivity contribution is -0.128. The molecular formula is C19H21IN6O3. The van der Waals surface area contributed by atoms with Crippen molar-refractivity contribution in [3.05, 3.63) is 46.1 Å². The number of halogens is 1. The molecule has 0 aliphatic heterocycles. The van der Waals surface area contributed by atoms with E-state index >= 15 is 0 Å². The normalized spacial score (nSPS) is 24.0. The molecule has 0 saturated heterocycles. The quantitative estimate of drug-likeness (QED) is 0.380. The Bertz CT molecular complexity index is 1040. The van der Waals surface area contributed by atoms with E-state index in [-0.39, 0.29) is 5.91 Å². The van der Waals surface area contributed by atoms with E-state index in [1.54, 1.807) is 10.9 Å². The average molecular weight is 508 g/mol. The van der Waals surface area contributed by atoms with E-state index in [4.69, 9.17) is 0 Å². The van der Waals surface area contributed by atoms with Gasteiger partial charge in [-0.25, -0.2) is 15.0 Å². The summed E-state index contributed by atoms with van der Waals surface area (Å²) in [5.74, 6) is -0.390. The van der Waals surface area contributed by atoms with Crippen molar-refractivity contribution >= 4 is 45.5 Å². The summed E-state index contributed by atoms with van der Waals surface area (Å²) in [7, 11) is 1.51. The predicted molar refractivity (Wildman–Crippen MR) is 115 cm³/mol. The van der Waals surface area contributed by atoms with Crippen LogP contribution in [0.3, 0.4) is 0 Å². The van der Waals surface area contributed by atoms with Crippen LogP contribution in [0, 0.1) is 9.49 Å². The lowest BCUT2D eigenvalue weighted by Crippen LogP contribution is -2.36. The fourth-order valence-corrected chi connectivity index (χ4v) is 4.39. The van der Waals surface area contributed by atoms with Crippen molar-refractivity contribution in [2.45, 2.75) is 31.2 Å². The number of fused-ring (bicyclic) bond motifs is 1. The van der Waals surface area contributed by atoms with Gasteiger partial charge >= 0.3 is 0 Å². The van der Waals surface area contributed by atoms with Crippen LogP contribution in [-0.2, 0) is 11.3 Å². The highest BCUT2D eigenvalue weighted by Crippen LogP contribution is 2.37. The van der Waals surface area contributed by atoms with Gasteiger partial charge in [-0.1, -0.05) is 12.1 Å². The van der Waals surface area contributed by atoms with Crippen LogP contribution in [0.15, 0.2) is 36.9 Å². The molecule has 152 valence electrons. The molecule has 29 heavy (non-hydrogen) atoms. The van der Waals surface area contributed by atoms with Gasteiger partial charge in [-0.15, -0.1) is 0 Å². The van der Waals surface area contributed by atoms with Crippen LogP contribution in [0.2, 0.25) is 0 Å². The van der Waals surface area contributed by atoms with E-state index in [9.17, 15) is 15.0 Å². The Balaban J connectivity index is 1.60. The van der Waals surface area contributed by atoms with Gasteiger partial charge in [0, 0.05) is 17.2 Å².